The normalized spacial score (nSPS) is 35.1. The number of ether oxygens (including phenoxy) is 1. The van der Waals surface area contributed by atoms with Gasteiger partial charge in [-0.2, -0.15) is 21.6 Å². The van der Waals surface area contributed by atoms with Crippen LogP contribution in [0.3, 0.4) is 0 Å². The molecule has 0 aliphatic heterocycles. The molecule has 0 saturated heterocycles. The number of nitrogens with one attached hydrogen (secondary N) is 1. The highest BCUT2D eigenvalue weighted by molar-refractivity contribution is 8.03. The summed E-state index contributed by atoms with van der Waals surface area (Å²) < 4.78 is 90.3. The zero-order valence-corrected chi connectivity index (χ0v) is 16.2. The second-order valence-corrected chi connectivity index (χ2v) is 11.2. The molecule has 0 aromatic heterocycles. The summed E-state index contributed by atoms with van der Waals surface area (Å²) in [5, 5.41) is 10.6. The van der Waals surface area contributed by atoms with Crippen molar-refractivity contribution in [2.45, 2.75) is 49.6 Å². The molecule has 14 heteroatoms. The van der Waals surface area contributed by atoms with Crippen LogP contribution in [0.15, 0.2) is 0 Å². The van der Waals surface area contributed by atoms with Gasteiger partial charge in [-0.25, -0.2) is 8.42 Å². The lowest BCUT2D eigenvalue weighted by atomic mass is 9.48. The standard InChI is InChI=1S/C14H20F3NO8S2/c15-14(16,17)27(21,22)18-28(23,24)26-2-1-25-11(19)12-4-9-3-10(5-12)7-13(20,6-9)8-12/h9-10,18,20H,1-8H2. The maximum absolute atomic E-state index is 12.5. The van der Waals surface area contributed by atoms with E-state index in [0.29, 0.717) is 29.8 Å². The van der Waals surface area contributed by atoms with Crippen molar-refractivity contribution >= 4 is 26.3 Å². The molecule has 4 fully saturated rings. The zero-order chi connectivity index (χ0) is 21.0. The van der Waals surface area contributed by atoms with E-state index in [1.165, 1.54) is 0 Å². The summed E-state index contributed by atoms with van der Waals surface area (Å²) in [6.07, 6.45) is 3.61. The van der Waals surface area contributed by atoms with Crippen molar-refractivity contribution in [2.24, 2.45) is 17.3 Å². The summed E-state index contributed by atoms with van der Waals surface area (Å²) in [5.41, 5.74) is -7.58. The van der Waals surface area contributed by atoms with Crippen LogP contribution in [-0.2, 0) is 34.0 Å². The van der Waals surface area contributed by atoms with Crippen molar-refractivity contribution < 1.29 is 48.8 Å². The fourth-order valence-electron chi connectivity index (χ4n) is 5.09. The van der Waals surface area contributed by atoms with E-state index in [-0.39, 0.29) is 18.3 Å². The zero-order valence-electron chi connectivity index (χ0n) is 14.6. The maximum Gasteiger partial charge on any atom is 0.512 e. The highest BCUT2D eigenvalue weighted by atomic mass is 32.3. The molecule has 2 N–H and O–H groups in total. The average molecular weight is 451 g/mol. The van der Waals surface area contributed by atoms with Crippen LogP contribution in [0.1, 0.15) is 38.5 Å². The summed E-state index contributed by atoms with van der Waals surface area (Å²) in [6.45, 7) is -1.46. The molecule has 4 aliphatic carbocycles. The Kier molecular flexibility index (Phi) is 5.27. The molecule has 4 rings (SSSR count). The predicted molar refractivity (Wildman–Crippen MR) is 86.0 cm³/mol. The Bertz CT molecular complexity index is 840. The Balaban J connectivity index is 1.51. The molecule has 0 aromatic carbocycles. The Hall–Kier alpha value is -0.960. The van der Waals surface area contributed by atoms with Crippen molar-refractivity contribution in [3.63, 3.8) is 0 Å². The van der Waals surface area contributed by atoms with Crippen molar-refractivity contribution in [3.05, 3.63) is 0 Å². The molecule has 0 spiro atoms. The molecule has 0 radical (unpaired) electrons. The van der Waals surface area contributed by atoms with Gasteiger partial charge in [0.2, 0.25) is 0 Å². The molecule has 4 bridgehead atoms. The van der Waals surface area contributed by atoms with Gasteiger partial charge in [-0.3, -0.25) is 8.98 Å². The number of esters is 1. The fourth-order valence-corrected chi connectivity index (χ4v) is 7.02. The number of carbonyl (C=O) groups is 1. The molecule has 2 unspecified atom stereocenters. The summed E-state index contributed by atoms with van der Waals surface area (Å²) in [5.74, 6) is -0.184. The summed E-state index contributed by atoms with van der Waals surface area (Å²) in [7, 11) is -11.4. The van der Waals surface area contributed by atoms with Gasteiger partial charge >= 0.3 is 31.8 Å². The third-order valence-electron chi connectivity index (χ3n) is 5.53. The van der Waals surface area contributed by atoms with Gasteiger partial charge in [0, 0.05) is 0 Å². The van der Waals surface area contributed by atoms with E-state index in [2.05, 4.69) is 4.18 Å². The Labute approximate surface area is 159 Å². The highest BCUT2D eigenvalue weighted by Crippen LogP contribution is 2.61. The van der Waals surface area contributed by atoms with Crippen molar-refractivity contribution in [1.29, 1.82) is 0 Å². The smallest absolute Gasteiger partial charge is 0.463 e. The third kappa shape index (κ3) is 4.30. The SMILES string of the molecule is O=C(OCCOS(=O)(=O)NS(=O)(=O)C(F)(F)F)C12CC3CC(CC(O)(C3)C1)C2. The first-order chi connectivity index (χ1) is 12.7. The molecule has 0 aromatic rings. The summed E-state index contributed by atoms with van der Waals surface area (Å²) in [4.78, 5) is 12.5. The van der Waals surface area contributed by atoms with Crippen molar-refractivity contribution in [3.8, 4) is 0 Å². The van der Waals surface area contributed by atoms with E-state index in [9.17, 15) is 39.9 Å². The van der Waals surface area contributed by atoms with Gasteiger partial charge in [0.25, 0.3) is 0 Å². The predicted octanol–water partition coefficient (Wildman–Crippen LogP) is 0.561. The molecular weight excluding hydrogens is 431 g/mol. The molecule has 2 atom stereocenters. The number of carbonyl (C=O) groups excluding carboxylic acids is 1. The lowest BCUT2D eigenvalue weighted by Crippen LogP contribution is -2.58. The monoisotopic (exact) mass is 451 g/mol. The lowest BCUT2D eigenvalue weighted by molar-refractivity contribution is -0.196. The molecule has 4 aliphatic rings. The van der Waals surface area contributed by atoms with Gasteiger partial charge in [-0.1, -0.05) is 4.13 Å². The van der Waals surface area contributed by atoms with Crippen LogP contribution in [-0.4, -0.2) is 52.2 Å². The Morgan fingerprint density at radius 3 is 2.14 bits per heavy atom. The van der Waals surface area contributed by atoms with Gasteiger partial charge in [0.1, 0.15) is 13.2 Å². The van der Waals surface area contributed by atoms with Gasteiger partial charge in [0.05, 0.1) is 11.0 Å². The second kappa shape index (κ2) is 6.79. The van der Waals surface area contributed by atoms with E-state index in [1.807, 2.05) is 0 Å². The molecule has 0 amide bonds. The molecule has 162 valence electrons. The number of alkyl halides is 3. The largest absolute Gasteiger partial charge is 0.512 e. The topological polar surface area (TPSA) is 136 Å². The number of halogens is 3. The first-order valence-corrected chi connectivity index (χ1v) is 11.4. The van der Waals surface area contributed by atoms with E-state index in [1.54, 1.807) is 0 Å². The number of hydrogen-bond donors (Lipinski definition) is 2. The average Bonchev–Trinajstić information content (AvgIpc) is 2.46. The van der Waals surface area contributed by atoms with E-state index in [0.717, 1.165) is 6.42 Å². The minimum atomic E-state index is -6.14. The maximum atomic E-state index is 12.5. The number of aliphatic hydroxyl groups is 1. The quantitative estimate of drug-likeness (QED) is 0.423. The third-order valence-corrected chi connectivity index (χ3v) is 8.32. The molecular formula is C14H20F3NO8S2. The molecule has 28 heavy (non-hydrogen) atoms. The van der Waals surface area contributed by atoms with Gasteiger partial charge < -0.3 is 9.84 Å². The fraction of sp³-hybridized carbons (Fsp3) is 0.929. The molecule has 0 heterocycles. The van der Waals surface area contributed by atoms with Crippen LogP contribution in [0.5, 0.6) is 0 Å². The van der Waals surface area contributed by atoms with Gasteiger partial charge in [-0.05, 0) is 50.4 Å². The van der Waals surface area contributed by atoms with Crippen LogP contribution < -0.4 is 4.13 Å². The molecule has 9 nitrogen and oxygen atoms in total. The second-order valence-electron chi connectivity index (χ2n) is 7.91. The first kappa shape index (κ1) is 21.7. The van der Waals surface area contributed by atoms with Crippen LogP contribution in [0.4, 0.5) is 13.2 Å². The minimum absolute atomic E-state index is 0.215. The molecule has 4 saturated carbocycles. The number of sulfonamides is 1. The summed E-state index contributed by atoms with van der Waals surface area (Å²) >= 11 is 0. The van der Waals surface area contributed by atoms with E-state index in [4.69, 9.17) is 4.74 Å². The van der Waals surface area contributed by atoms with Crippen molar-refractivity contribution in [2.75, 3.05) is 13.2 Å². The van der Waals surface area contributed by atoms with E-state index >= 15 is 0 Å². The van der Waals surface area contributed by atoms with Crippen molar-refractivity contribution in [1.82, 2.24) is 4.13 Å². The van der Waals surface area contributed by atoms with E-state index < -0.39 is 56.0 Å². The highest BCUT2D eigenvalue weighted by Gasteiger charge is 2.60. The van der Waals surface area contributed by atoms with Crippen LogP contribution in [0.25, 0.3) is 0 Å². The first-order valence-electron chi connectivity index (χ1n) is 8.54. The van der Waals surface area contributed by atoms with Crippen LogP contribution in [0.2, 0.25) is 0 Å². The van der Waals surface area contributed by atoms with Gasteiger partial charge in [0.15, 0.2) is 0 Å². The number of hydrogen-bond acceptors (Lipinski definition) is 8. The summed E-state index contributed by atoms with van der Waals surface area (Å²) in [6, 6.07) is 0. The Morgan fingerprint density at radius 2 is 1.64 bits per heavy atom. The van der Waals surface area contributed by atoms with Gasteiger partial charge in [-0.15, -0.1) is 0 Å². The lowest BCUT2D eigenvalue weighted by Gasteiger charge is -2.58. The van der Waals surface area contributed by atoms with Crippen LogP contribution in [0, 0.1) is 17.3 Å². The van der Waals surface area contributed by atoms with Crippen LogP contribution >= 0.6 is 0 Å². The minimum Gasteiger partial charge on any atom is -0.463 e. The number of rotatable bonds is 7. The Morgan fingerprint density at radius 1 is 1.07 bits per heavy atom.